The minimum atomic E-state index is -0.00602. The van der Waals surface area contributed by atoms with Crippen molar-refractivity contribution in [2.24, 2.45) is 0 Å². The Bertz CT molecular complexity index is 352. The maximum absolute atomic E-state index is 11.1. The Labute approximate surface area is 90.1 Å². The van der Waals surface area contributed by atoms with Crippen molar-refractivity contribution >= 4 is 11.7 Å². The van der Waals surface area contributed by atoms with Gasteiger partial charge >= 0.3 is 0 Å². The number of furan rings is 1. The van der Waals surface area contributed by atoms with Crippen LogP contribution >= 0.6 is 0 Å². The number of Topliss-reactive ketones (excluding diaryl/α,β-unsaturated/α-hetero) is 1. The maximum atomic E-state index is 11.1. The SMILES string of the molecule is CCCN(c1ccc(C(C)=O)o1)C1CC1. The lowest BCUT2D eigenvalue weighted by atomic mass is 10.3. The summed E-state index contributed by atoms with van der Waals surface area (Å²) in [6.45, 7) is 4.70. The molecule has 0 saturated heterocycles. The molecule has 1 heterocycles. The highest BCUT2D eigenvalue weighted by atomic mass is 16.4. The first-order valence-corrected chi connectivity index (χ1v) is 5.59. The fourth-order valence-corrected chi connectivity index (χ4v) is 1.77. The molecular weight excluding hydrogens is 190 g/mol. The van der Waals surface area contributed by atoms with Gasteiger partial charge in [-0.2, -0.15) is 0 Å². The molecular formula is C12H17NO2. The zero-order chi connectivity index (χ0) is 10.8. The van der Waals surface area contributed by atoms with Gasteiger partial charge in [-0.25, -0.2) is 0 Å². The summed E-state index contributed by atoms with van der Waals surface area (Å²) in [5, 5.41) is 0. The molecule has 2 rings (SSSR count). The molecule has 0 atom stereocenters. The monoisotopic (exact) mass is 207 g/mol. The van der Waals surface area contributed by atoms with Gasteiger partial charge in [0.15, 0.2) is 17.4 Å². The standard InChI is InChI=1S/C12H17NO2/c1-3-8-13(10-4-5-10)12-7-6-11(15-12)9(2)14/h6-7,10H,3-5,8H2,1-2H3. The summed E-state index contributed by atoms with van der Waals surface area (Å²) >= 11 is 0. The molecule has 15 heavy (non-hydrogen) atoms. The fraction of sp³-hybridized carbons (Fsp3) is 0.583. The predicted molar refractivity (Wildman–Crippen MR) is 59.4 cm³/mol. The number of nitrogens with zero attached hydrogens (tertiary/aromatic N) is 1. The first-order valence-electron chi connectivity index (χ1n) is 5.59. The van der Waals surface area contributed by atoms with Crippen molar-refractivity contribution in [3.63, 3.8) is 0 Å². The highest BCUT2D eigenvalue weighted by Crippen LogP contribution is 2.32. The van der Waals surface area contributed by atoms with Crippen molar-refractivity contribution < 1.29 is 9.21 Å². The number of hydrogen-bond donors (Lipinski definition) is 0. The van der Waals surface area contributed by atoms with Gasteiger partial charge in [-0.05, 0) is 25.3 Å². The van der Waals surface area contributed by atoms with E-state index >= 15 is 0 Å². The molecule has 0 aromatic carbocycles. The number of ketones is 1. The van der Waals surface area contributed by atoms with E-state index in [1.54, 1.807) is 6.07 Å². The second-order valence-corrected chi connectivity index (χ2v) is 4.12. The van der Waals surface area contributed by atoms with Crippen LogP contribution in [-0.2, 0) is 0 Å². The second kappa shape index (κ2) is 4.09. The van der Waals surface area contributed by atoms with E-state index in [2.05, 4.69) is 11.8 Å². The van der Waals surface area contributed by atoms with E-state index < -0.39 is 0 Å². The molecule has 0 aliphatic heterocycles. The molecule has 1 fully saturated rings. The van der Waals surface area contributed by atoms with Gasteiger partial charge in [0.25, 0.3) is 0 Å². The first-order chi connectivity index (χ1) is 7.22. The van der Waals surface area contributed by atoms with Gasteiger partial charge in [0.05, 0.1) is 0 Å². The van der Waals surface area contributed by atoms with Crippen LogP contribution in [0, 0.1) is 0 Å². The van der Waals surface area contributed by atoms with Crippen molar-refractivity contribution in [2.75, 3.05) is 11.4 Å². The molecule has 0 spiro atoms. The summed E-state index contributed by atoms with van der Waals surface area (Å²) in [7, 11) is 0. The van der Waals surface area contributed by atoms with Gasteiger partial charge < -0.3 is 9.32 Å². The third-order valence-electron chi connectivity index (χ3n) is 2.67. The third kappa shape index (κ3) is 2.22. The summed E-state index contributed by atoms with van der Waals surface area (Å²) in [6.07, 6.45) is 3.60. The number of carbonyl (C=O) groups excluding carboxylic acids is 1. The average Bonchev–Trinajstić information content (AvgIpc) is 2.91. The Morgan fingerprint density at radius 2 is 2.27 bits per heavy atom. The number of hydrogen-bond acceptors (Lipinski definition) is 3. The second-order valence-electron chi connectivity index (χ2n) is 4.12. The minimum absolute atomic E-state index is 0.00602. The molecule has 1 aliphatic rings. The number of rotatable bonds is 5. The molecule has 0 N–H and O–H groups in total. The Hall–Kier alpha value is -1.25. The summed E-state index contributed by atoms with van der Waals surface area (Å²) in [5.74, 6) is 1.31. The van der Waals surface area contributed by atoms with Gasteiger partial charge in [-0.15, -0.1) is 0 Å². The van der Waals surface area contributed by atoms with Crippen LogP contribution in [0.15, 0.2) is 16.5 Å². The van der Waals surface area contributed by atoms with Gasteiger partial charge in [-0.3, -0.25) is 4.79 Å². The maximum Gasteiger partial charge on any atom is 0.196 e. The smallest absolute Gasteiger partial charge is 0.196 e. The molecule has 0 unspecified atom stereocenters. The highest BCUT2D eigenvalue weighted by molar-refractivity contribution is 5.91. The Balaban J connectivity index is 2.14. The van der Waals surface area contributed by atoms with Crippen LogP contribution in [0.3, 0.4) is 0 Å². The third-order valence-corrected chi connectivity index (χ3v) is 2.67. The highest BCUT2D eigenvalue weighted by Gasteiger charge is 2.30. The van der Waals surface area contributed by atoms with Gasteiger partial charge in [0.1, 0.15) is 0 Å². The van der Waals surface area contributed by atoms with Crippen LogP contribution in [0.2, 0.25) is 0 Å². The van der Waals surface area contributed by atoms with Crippen molar-refractivity contribution in [1.29, 1.82) is 0 Å². The van der Waals surface area contributed by atoms with Crippen LogP contribution in [-0.4, -0.2) is 18.4 Å². The van der Waals surface area contributed by atoms with Crippen LogP contribution in [0.25, 0.3) is 0 Å². The fourth-order valence-electron chi connectivity index (χ4n) is 1.77. The zero-order valence-electron chi connectivity index (χ0n) is 9.32. The lowest BCUT2D eigenvalue weighted by molar-refractivity contribution is 0.0987. The molecule has 0 bridgehead atoms. The summed E-state index contributed by atoms with van der Waals surface area (Å²) in [5.41, 5.74) is 0. The molecule has 1 aliphatic carbocycles. The Kier molecular flexibility index (Phi) is 2.80. The van der Waals surface area contributed by atoms with E-state index in [1.165, 1.54) is 19.8 Å². The molecule has 3 heteroatoms. The van der Waals surface area contributed by atoms with Crippen molar-refractivity contribution in [3.8, 4) is 0 Å². The molecule has 1 aromatic heterocycles. The normalized spacial score (nSPS) is 15.3. The van der Waals surface area contributed by atoms with Crippen LogP contribution in [0.5, 0.6) is 0 Å². The van der Waals surface area contributed by atoms with Crippen molar-refractivity contribution in [2.45, 2.75) is 39.2 Å². The predicted octanol–water partition coefficient (Wildman–Crippen LogP) is 2.86. The Morgan fingerprint density at radius 3 is 2.73 bits per heavy atom. The molecule has 82 valence electrons. The molecule has 1 saturated carbocycles. The van der Waals surface area contributed by atoms with Gasteiger partial charge in [0, 0.05) is 25.6 Å². The van der Waals surface area contributed by atoms with Crippen molar-refractivity contribution in [1.82, 2.24) is 0 Å². The van der Waals surface area contributed by atoms with E-state index in [9.17, 15) is 4.79 Å². The lowest BCUT2D eigenvalue weighted by Gasteiger charge is -2.20. The first kappa shape index (κ1) is 10.3. The van der Waals surface area contributed by atoms with E-state index in [-0.39, 0.29) is 5.78 Å². The average molecular weight is 207 g/mol. The van der Waals surface area contributed by atoms with Crippen molar-refractivity contribution in [3.05, 3.63) is 17.9 Å². The minimum Gasteiger partial charge on any atom is -0.437 e. The molecule has 0 radical (unpaired) electrons. The van der Waals surface area contributed by atoms with Crippen LogP contribution < -0.4 is 4.90 Å². The van der Waals surface area contributed by atoms with E-state index in [0.717, 1.165) is 18.8 Å². The van der Waals surface area contributed by atoms with E-state index in [0.29, 0.717) is 11.8 Å². The van der Waals surface area contributed by atoms with Gasteiger partial charge in [-0.1, -0.05) is 6.92 Å². The molecule has 1 aromatic rings. The number of anilines is 1. The summed E-state index contributed by atoms with van der Waals surface area (Å²) in [4.78, 5) is 13.4. The number of carbonyl (C=O) groups is 1. The van der Waals surface area contributed by atoms with Gasteiger partial charge in [0.2, 0.25) is 0 Å². The zero-order valence-corrected chi connectivity index (χ0v) is 9.32. The van der Waals surface area contributed by atoms with E-state index in [4.69, 9.17) is 4.42 Å². The topological polar surface area (TPSA) is 33.5 Å². The summed E-state index contributed by atoms with van der Waals surface area (Å²) in [6, 6.07) is 4.31. The largest absolute Gasteiger partial charge is 0.437 e. The van der Waals surface area contributed by atoms with Crippen LogP contribution in [0.1, 0.15) is 43.7 Å². The Morgan fingerprint density at radius 1 is 1.53 bits per heavy atom. The summed E-state index contributed by atoms with van der Waals surface area (Å²) < 4.78 is 5.54. The van der Waals surface area contributed by atoms with Crippen LogP contribution in [0.4, 0.5) is 5.88 Å². The molecule has 3 nitrogen and oxygen atoms in total. The van der Waals surface area contributed by atoms with E-state index in [1.807, 2.05) is 6.07 Å². The lowest BCUT2D eigenvalue weighted by Crippen LogP contribution is -2.25. The quantitative estimate of drug-likeness (QED) is 0.696. The molecule has 0 amide bonds.